The van der Waals surface area contributed by atoms with Crippen LogP contribution in [0.3, 0.4) is 0 Å². The summed E-state index contributed by atoms with van der Waals surface area (Å²) in [5.74, 6) is -2.14. The second-order valence-electron chi connectivity index (χ2n) is 14.5. The number of nitrogens with one attached hydrogen (secondary N) is 2. The van der Waals surface area contributed by atoms with E-state index in [9.17, 15) is 19.5 Å². The number of aliphatic hydroxyl groups excluding tert-OH is 1. The molecule has 0 aliphatic carbocycles. The number of rotatable bonds is 10. The van der Waals surface area contributed by atoms with Crippen molar-refractivity contribution in [2.75, 3.05) is 11.9 Å². The Bertz CT molecular complexity index is 1110. The Balaban J connectivity index is 1.77. The molecular weight excluding hydrogens is 506 g/mol. The van der Waals surface area contributed by atoms with E-state index in [1.165, 1.54) is 0 Å². The van der Waals surface area contributed by atoms with E-state index in [1.54, 1.807) is 4.90 Å². The first-order chi connectivity index (χ1) is 18.6. The summed E-state index contributed by atoms with van der Waals surface area (Å²) >= 11 is 0. The van der Waals surface area contributed by atoms with Gasteiger partial charge in [-0.15, -0.1) is 0 Å². The second kappa shape index (κ2) is 10.8. The van der Waals surface area contributed by atoms with E-state index in [1.807, 2.05) is 65.0 Å². The number of fused-ring (bicyclic) bond motifs is 1. The van der Waals surface area contributed by atoms with Crippen LogP contribution in [-0.2, 0) is 19.1 Å². The number of para-hydroxylation sites is 1. The number of ether oxygens (including phenoxy) is 1. The molecule has 3 heterocycles. The molecule has 1 aromatic rings. The number of carbonyl (C=O) groups is 3. The second-order valence-corrected chi connectivity index (χ2v) is 14.5. The molecule has 3 amide bonds. The molecule has 1 aromatic carbocycles. The minimum Gasteiger partial charge on any atom is -0.394 e. The summed E-state index contributed by atoms with van der Waals surface area (Å²) in [6.45, 7) is 16.2. The van der Waals surface area contributed by atoms with Gasteiger partial charge in [-0.2, -0.15) is 0 Å². The lowest BCUT2D eigenvalue weighted by Gasteiger charge is -2.40. The fourth-order valence-corrected chi connectivity index (χ4v) is 8.08. The third-order valence-corrected chi connectivity index (χ3v) is 8.97. The smallest absolute Gasteiger partial charge is 0.246 e. The lowest BCUT2D eigenvalue weighted by atomic mass is 9.65. The van der Waals surface area contributed by atoms with Crippen molar-refractivity contribution < 1.29 is 24.2 Å². The number of nitrogens with zero attached hydrogens (tertiary/aromatic N) is 1. The SMILES string of the molecule is CC[C@]12CCC3(O1)C(C(=O)NC(C)(C)CC(C)(C)C)N([C@@H](CO)CC(C)C)C(=O)[C@@H]3[C@H]2C(=O)Nc1ccccc1. The first-order valence-electron chi connectivity index (χ1n) is 14.9. The Morgan fingerprint density at radius 2 is 1.75 bits per heavy atom. The van der Waals surface area contributed by atoms with Gasteiger partial charge in [0.25, 0.3) is 0 Å². The fraction of sp³-hybridized carbons (Fsp3) is 0.719. The molecule has 3 saturated heterocycles. The summed E-state index contributed by atoms with van der Waals surface area (Å²) in [7, 11) is 0. The molecule has 4 rings (SSSR count). The molecule has 1 spiro atoms. The van der Waals surface area contributed by atoms with E-state index in [-0.39, 0.29) is 35.7 Å². The topological polar surface area (TPSA) is 108 Å². The Morgan fingerprint density at radius 1 is 1.10 bits per heavy atom. The molecule has 40 heavy (non-hydrogen) atoms. The molecule has 3 aliphatic rings. The van der Waals surface area contributed by atoms with E-state index >= 15 is 0 Å². The van der Waals surface area contributed by atoms with Gasteiger partial charge in [-0.05, 0) is 69.4 Å². The van der Waals surface area contributed by atoms with Crippen LogP contribution in [0.15, 0.2) is 30.3 Å². The van der Waals surface area contributed by atoms with Crippen LogP contribution >= 0.6 is 0 Å². The number of likely N-dealkylation sites (tertiary alicyclic amines) is 1. The molecule has 6 atom stereocenters. The zero-order valence-corrected chi connectivity index (χ0v) is 25.5. The van der Waals surface area contributed by atoms with E-state index < -0.39 is 40.7 Å². The highest BCUT2D eigenvalue weighted by Crippen LogP contribution is 2.64. The van der Waals surface area contributed by atoms with E-state index in [0.717, 1.165) is 6.42 Å². The fourth-order valence-electron chi connectivity index (χ4n) is 8.08. The van der Waals surface area contributed by atoms with Crippen molar-refractivity contribution >= 4 is 23.4 Å². The largest absolute Gasteiger partial charge is 0.394 e. The van der Waals surface area contributed by atoms with Crippen molar-refractivity contribution in [2.45, 2.75) is 116 Å². The van der Waals surface area contributed by atoms with Crippen molar-refractivity contribution in [3.8, 4) is 0 Å². The van der Waals surface area contributed by atoms with Gasteiger partial charge in [-0.3, -0.25) is 14.4 Å². The van der Waals surface area contributed by atoms with Gasteiger partial charge < -0.3 is 25.4 Å². The average molecular weight is 556 g/mol. The molecule has 3 N–H and O–H groups in total. The molecule has 0 radical (unpaired) electrons. The lowest BCUT2D eigenvalue weighted by Crippen LogP contribution is -2.61. The quantitative estimate of drug-likeness (QED) is 0.394. The van der Waals surface area contributed by atoms with Crippen LogP contribution in [-0.4, -0.2) is 63.2 Å². The molecule has 2 bridgehead atoms. The maximum atomic E-state index is 14.5. The van der Waals surface area contributed by atoms with Crippen LogP contribution in [0, 0.1) is 23.2 Å². The average Bonchev–Trinajstić information content (AvgIpc) is 3.44. The summed E-state index contributed by atoms with van der Waals surface area (Å²) in [6.07, 6.45) is 2.95. The highest BCUT2D eigenvalue weighted by Gasteiger charge is 2.79. The van der Waals surface area contributed by atoms with E-state index in [4.69, 9.17) is 4.74 Å². The minimum atomic E-state index is -1.13. The summed E-state index contributed by atoms with van der Waals surface area (Å²) < 4.78 is 6.88. The maximum Gasteiger partial charge on any atom is 0.246 e. The third kappa shape index (κ3) is 5.41. The number of hydrogen-bond donors (Lipinski definition) is 3. The number of benzene rings is 1. The molecule has 0 saturated carbocycles. The van der Waals surface area contributed by atoms with Gasteiger partial charge in [0.15, 0.2) is 0 Å². The Labute approximate surface area is 239 Å². The Morgan fingerprint density at radius 3 is 2.30 bits per heavy atom. The number of anilines is 1. The molecule has 222 valence electrons. The number of carbonyl (C=O) groups excluding carboxylic acids is 3. The van der Waals surface area contributed by atoms with Gasteiger partial charge in [-0.1, -0.05) is 59.7 Å². The molecule has 0 aromatic heterocycles. The number of amides is 3. The van der Waals surface area contributed by atoms with Crippen LogP contribution in [0.25, 0.3) is 0 Å². The highest BCUT2D eigenvalue weighted by atomic mass is 16.5. The van der Waals surface area contributed by atoms with Gasteiger partial charge >= 0.3 is 0 Å². The van der Waals surface area contributed by atoms with Crippen molar-refractivity contribution in [2.24, 2.45) is 23.2 Å². The van der Waals surface area contributed by atoms with Gasteiger partial charge in [0.1, 0.15) is 11.6 Å². The van der Waals surface area contributed by atoms with Crippen molar-refractivity contribution in [1.29, 1.82) is 0 Å². The van der Waals surface area contributed by atoms with Crippen LogP contribution in [0.4, 0.5) is 5.69 Å². The Kier molecular flexibility index (Phi) is 8.20. The number of hydrogen-bond acceptors (Lipinski definition) is 5. The van der Waals surface area contributed by atoms with Crippen molar-refractivity contribution in [3.63, 3.8) is 0 Å². The first-order valence-corrected chi connectivity index (χ1v) is 14.9. The van der Waals surface area contributed by atoms with Crippen LogP contribution < -0.4 is 10.6 Å². The van der Waals surface area contributed by atoms with E-state index in [2.05, 4.69) is 31.4 Å². The molecule has 8 heteroatoms. The Hall–Kier alpha value is -2.45. The summed E-state index contributed by atoms with van der Waals surface area (Å²) in [5.41, 5.74) is -1.85. The van der Waals surface area contributed by atoms with Gasteiger partial charge in [-0.25, -0.2) is 0 Å². The van der Waals surface area contributed by atoms with Crippen molar-refractivity contribution in [3.05, 3.63) is 30.3 Å². The minimum absolute atomic E-state index is 0.0245. The lowest BCUT2D eigenvalue weighted by molar-refractivity contribution is -0.151. The van der Waals surface area contributed by atoms with Gasteiger partial charge in [0.05, 0.1) is 30.1 Å². The first kappa shape index (κ1) is 30.5. The zero-order valence-electron chi connectivity index (χ0n) is 25.5. The van der Waals surface area contributed by atoms with Crippen LogP contribution in [0.2, 0.25) is 0 Å². The van der Waals surface area contributed by atoms with Crippen LogP contribution in [0.5, 0.6) is 0 Å². The van der Waals surface area contributed by atoms with E-state index in [0.29, 0.717) is 31.4 Å². The third-order valence-electron chi connectivity index (χ3n) is 8.97. The predicted octanol–water partition coefficient (Wildman–Crippen LogP) is 4.52. The molecular formula is C32H49N3O5. The van der Waals surface area contributed by atoms with Crippen LogP contribution in [0.1, 0.15) is 87.5 Å². The molecule has 8 nitrogen and oxygen atoms in total. The number of aliphatic hydroxyl groups is 1. The summed E-state index contributed by atoms with van der Waals surface area (Å²) in [5, 5.41) is 16.8. The predicted molar refractivity (Wildman–Crippen MR) is 155 cm³/mol. The highest BCUT2D eigenvalue weighted by molar-refractivity contribution is 6.02. The van der Waals surface area contributed by atoms with Crippen molar-refractivity contribution in [1.82, 2.24) is 10.2 Å². The molecule has 2 unspecified atom stereocenters. The maximum absolute atomic E-state index is 14.5. The van der Waals surface area contributed by atoms with Gasteiger partial charge in [0, 0.05) is 11.2 Å². The monoisotopic (exact) mass is 555 g/mol. The standard InChI is InChI=1S/C32H49N3O5/c1-9-31-15-16-32(40-31)24(23(31)26(37)33-21-13-11-10-12-14-21)28(39)35(22(18-36)17-20(2)3)25(32)27(38)34-30(7,8)19-29(4,5)6/h10-14,20,22-25,36H,9,15-19H2,1-8H3,(H,33,37)(H,34,38)/t22-,23+,24+,25?,31-,32?/m1/s1. The zero-order chi connectivity index (χ0) is 29.7. The molecule has 3 fully saturated rings. The molecule has 3 aliphatic heterocycles. The van der Waals surface area contributed by atoms with Gasteiger partial charge in [0.2, 0.25) is 17.7 Å². The summed E-state index contributed by atoms with van der Waals surface area (Å²) in [6, 6.07) is 7.75. The normalized spacial score (nSPS) is 30.5. The summed E-state index contributed by atoms with van der Waals surface area (Å²) in [4.78, 5) is 44.3.